The molecule has 1 aliphatic heterocycles. The summed E-state index contributed by atoms with van der Waals surface area (Å²) < 4.78 is 5.81. The number of rotatable bonds is 6. The zero-order valence-electron chi connectivity index (χ0n) is 14.4. The molecule has 1 N–H and O–H groups in total. The lowest BCUT2D eigenvalue weighted by Gasteiger charge is -2.35. The average Bonchev–Trinajstić information content (AvgIpc) is 3.17. The maximum absolute atomic E-state index is 12.5. The van der Waals surface area contributed by atoms with E-state index in [-0.39, 0.29) is 18.1 Å². The summed E-state index contributed by atoms with van der Waals surface area (Å²) in [5.74, 6) is 0.117. The molecule has 1 fully saturated rings. The molecule has 24 heavy (non-hydrogen) atoms. The summed E-state index contributed by atoms with van der Waals surface area (Å²) in [5.41, 5.74) is 1.50. The van der Waals surface area contributed by atoms with Gasteiger partial charge in [0, 0.05) is 31.2 Å². The van der Waals surface area contributed by atoms with Crippen LogP contribution in [0.3, 0.4) is 0 Å². The van der Waals surface area contributed by atoms with Crippen molar-refractivity contribution in [3.05, 3.63) is 28.2 Å². The van der Waals surface area contributed by atoms with E-state index in [4.69, 9.17) is 4.74 Å². The van der Waals surface area contributed by atoms with Gasteiger partial charge in [0.15, 0.2) is 0 Å². The van der Waals surface area contributed by atoms with Crippen molar-refractivity contribution in [1.29, 1.82) is 0 Å². The summed E-state index contributed by atoms with van der Waals surface area (Å²) in [6, 6.07) is -0.128. The van der Waals surface area contributed by atoms with E-state index in [0.29, 0.717) is 6.61 Å². The number of ether oxygens (including phenoxy) is 1. The maximum Gasteiger partial charge on any atom is 0.237 e. The number of hydrogen-bond donors (Lipinski definition) is 1. The Kier molecular flexibility index (Phi) is 6.40. The minimum Gasteiger partial charge on any atom is -0.368 e. The molecule has 0 bridgehead atoms. The normalized spacial score (nSPS) is 23.5. The first-order chi connectivity index (χ1) is 11.7. The predicted molar refractivity (Wildman–Crippen MR) is 96.0 cm³/mol. The van der Waals surface area contributed by atoms with Crippen LogP contribution in [-0.2, 0) is 9.53 Å². The number of carbonyl (C=O) groups is 1. The molecule has 0 radical (unpaired) electrons. The Bertz CT molecular complexity index is 559. The SMILES string of the molecule is C[C@H](C(=O)NCCC1=CCCCC1)N1CCO[C@H](c2nccs2)C1. The molecule has 0 spiro atoms. The van der Waals surface area contributed by atoms with E-state index in [1.165, 1.54) is 31.3 Å². The van der Waals surface area contributed by atoms with Crippen LogP contribution in [0, 0.1) is 0 Å². The molecule has 2 aliphatic rings. The Labute approximate surface area is 148 Å². The molecule has 6 heteroatoms. The molecule has 1 amide bonds. The van der Waals surface area contributed by atoms with Gasteiger partial charge in [0.2, 0.25) is 5.91 Å². The Morgan fingerprint density at radius 2 is 2.46 bits per heavy atom. The average molecular weight is 350 g/mol. The van der Waals surface area contributed by atoms with Crippen LogP contribution in [0.2, 0.25) is 0 Å². The molecule has 1 aliphatic carbocycles. The molecule has 1 aromatic heterocycles. The molecular weight excluding hydrogens is 322 g/mol. The molecule has 0 aromatic carbocycles. The van der Waals surface area contributed by atoms with Crippen LogP contribution in [-0.4, -0.2) is 48.1 Å². The first-order valence-electron chi connectivity index (χ1n) is 8.94. The minimum absolute atomic E-state index is 0.0126. The van der Waals surface area contributed by atoms with Gasteiger partial charge in [-0.15, -0.1) is 11.3 Å². The number of hydrogen-bond acceptors (Lipinski definition) is 5. The van der Waals surface area contributed by atoms with E-state index >= 15 is 0 Å². The lowest BCUT2D eigenvalue weighted by Crippen LogP contribution is -2.50. The van der Waals surface area contributed by atoms with E-state index in [1.54, 1.807) is 17.5 Å². The molecule has 132 valence electrons. The highest BCUT2D eigenvalue weighted by molar-refractivity contribution is 7.09. The summed E-state index contributed by atoms with van der Waals surface area (Å²) >= 11 is 1.61. The fourth-order valence-corrected chi connectivity index (χ4v) is 4.03. The summed E-state index contributed by atoms with van der Waals surface area (Å²) in [6.45, 7) is 4.90. The molecule has 0 unspecified atom stereocenters. The summed E-state index contributed by atoms with van der Waals surface area (Å²) in [6.07, 6.45) is 10.1. The van der Waals surface area contributed by atoms with Gasteiger partial charge in [-0.3, -0.25) is 9.69 Å². The van der Waals surface area contributed by atoms with Crippen molar-refractivity contribution < 1.29 is 9.53 Å². The van der Waals surface area contributed by atoms with E-state index < -0.39 is 0 Å². The van der Waals surface area contributed by atoms with Crippen molar-refractivity contribution in [2.24, 2.45) is 0 Å². The molecule has 1 saturated heterocycles. The Morgan fingerprint density at radius 3 is 3.21 bits per heavy atom. The third-order valence-corrected chi connectivity index (χ3v) is 5.75. The van der Waals surface area contributed by atoms with Gasteiger partial charge in [0.1, 0.15) is 11.1 Å². The van der Waals surface area contributed by atoms with Crippen molar-refractivity contribution in [1.82, 2.24) is 15.2 Å². The molecule has 1 aromatic rings. The molecule has 2 heterocycles. The summed E-state index contributed by atoms with van der Waals surface area (Å²) in [4.78, 5) is 19.0. The van der Waals surface area contributed by atoms with Gasteiger partial charge in [-0.25, -0.2) is 4.98 Å². The van der Waals surface area contributed by atoms with Crippen LogP contribution in [0.4, 0.5) is 0 Å². The number of allylic oxidation sites excluding steroid dienone is 1. The zero-order chi connectivity index (χ0) is 16.8. The quantitative estimate of drug-likeness (QED) is 0.803. The first kappa shape index (κ1) is 17.6. The van der Waals surface area contributed by atoms with Gasteiger partial charge in [-0.2, -0.15) is 0 Å². The Balaban J connectivity index is 1.45. The van der Waals surface area contributed by atoms with E-state index in [9.17, 15) is 4.79 Å². The third kappa shape index (κ3) is 4.65. The summed E-state index contributed by atoms with van der Waals surface area (Å²) in [5, 5.41) is 6.06. The van der Waals surface area contributed by atoms with Crippen LogP contribution in [0.5, 0.6) is 0 Å². The lowest BCUT2D eigenvalue weighted by atomic mass is 9.97. The number of nitrogens with one attached hydrogen (secondary N) is 1. The monoisotopic (exact) mass is 349 g/mol. The molecule has 0 saturated carbocycles. The largest absolute Gasteiger partial charge is 0.368 e. The van der Waals surface area contributed by atoms with Crippen molar-refractivity contribution in [2.75, 3.05) is 26.2 Å². The number of morpholine rings is 1. The van der Waals surface area contributed by atoms with Gasteiger partial charge < -0.3 is 10.1 Å². The fourth-order valence-electron chi connectivity index (χ4n) is 3.36. The fraction of sp³-hybridized carbons (Fsp3) is 0.667. The second-order valence-corrected chi connectivity index (χ2v) is 7.48. The Morgan fingerprint density at radius 1 is 1.54 bits per heavy atom. The predicted octanol–water partition coefficient (Wildman–Crippen LogP) is 2.91. The lowest BCUT2D eigenvalue weighted by molar-refractivity contribution is -0.129. The van der Waals surface area contributed by atoms with Crippen molar-refractivity contribution in [3.8, 4) is 0 Å². The van der Waals surface area contributed by atoms with E-state index in [1.807, 2.05) is 12.3 Å². The van der Waals surface area contributed by atoms with Crippen LogP contribution < -0.4 is 5.32 Å². The van der Waals surface area contributed by atoms with Gasteiger partial charge in [-0.1, -0.05) is 11.6 Å². The number of carbonyl (C=O) groups excluding carboxylic acids is 1. The second-order valence-electron chi connectivity index (χ2n) is 6.55. The van der Waals surface area contributed by atoms with Gasteiger partial charge >= 0.3 is 0 Å². The van der Waals surface area contributed by atoms with Crippen LogP contribution >= 0.6 is 11.3 Å². The van der Waals surface area contributed by atoms with Gasteiger partial charge in [0.05, 0.1) is 12.6 Å². The van der Waals surface area contributed by atoms with Crippen molar-refractivity contribution >= 4 is 17.2 Å². The molecule has 3 rings (SSSR count). The van der Waals surface area contributed by atoms with Gasteiger partial charge in [0.25, 0.3) is 0 Å². The number of aromatic nitrogens is 1. The standard InChI is InChI=1S/C18H27N3O2S/c1-14(17(22)19-8-7-15-5-3-2-4-6-15)21-10-11-23-16(13-21)18-20-9-12-24-18/h5,9,12,14,16H,2-4,6-8,10-11,13H2,1H3,(H,19,22)/t14-,16+/m1/s1. The first-order valence-corrected chi connectivity index (χ1v) is 9.82. The summed E-state index contributed by atoms with van der Waals surface area (Å²) in [7, 11) is 0. The topological polar surface area (TPSA) is 54.5 Å². The van der Waals surface area contributed by atoms with Crippen LogP contribution in [0.1, 0.15) is 50.1 Å². The molecular formula is C18H27N3O2S. The highest BCUT2D eigenvalue weighted by atomic mass is 32.1. The van der Waals surface area contributed by atoms with Crippen LogP contribution in [0.15, 0.2) is 23.2 Å². The van der Waals surface area contributed by atoms with Gasteiger partial charge in [-0.05, 0) is 39.0 Å². The maximum atomic E-state index is 12.5. The van der Waals surface area contributed by atoms with E-state index in [2.05, 4.69) is 21.3 Å². The Hall–Kier alpha value is -1.24. The third-order valence-electron chi connectivity index (χ3n) is 4.88. The smallest absolute Gasteiger partial charge is 0.237 e. The highest BCUT2D eigenvalue weighted by Crippen LogP contribution is 2.25. The van der Waals surface area contributed by atoms with Crippen molar-refractivity contribution in [3.63, 3.8) is 0 Å². The van der Waals surface area contributed by atoms with E-state index in [0.717, 1.165) is 31.1 Å². The highest BCUT2D eigenvalue weighted by Gasteiger charge is 2.29. The zero-order valence-corrected chi connectivity index (χ0v) is 15.2. The molecule has 5 nitrogen and oxygen atoms in total. The molecule has 2 atom stereocenters. The number of thiazole rings is 1. The number of nitrogens with zero attached hydrogens (tertiary/aromatic N) is 2. The minimum atomic E-state index is -0.128. The van der Waals surface area contributed by atoms with Crippen molar-refractivity contribution in [2.45, 2.75) is 51.2 Å². The van der Waals surface area contributed by atoms with Crippen LogP contribution in [0.25, 0.3) is 0 Å². The second kappa shape index (κ2) is 8.74. The number of amides is 1.